The van der Waals surface area contributed by atoms with Gasteiger partial charge in [-0.05, 0) is 44.1 Å². The van der Waals surface area contributed by atoms with E-state index in [9.17, 15) is 4.79 Å². The second-order valence-electron chi connectivity index (χ2n) is 6.89. The van der Waals surface area contributed by atoms with Gasteiger partial charge in [-0.3, -0.25) is 9.69 Å². The van der Waals surface area contributed by atoms with Crippen molar-refractivity contribution in [2.75, 3.05) is 32.7 Å². The quantitative estimate of drug-likeness (QED) is 0.861. The lowest BCUT2D eigenvalue weighted by molar-refractivity contribution is -0.134. The summed E-state index contributed by atoms with van der Waals surface area (Å²) in [5.41, 5.74) is 5.95. The molecule has 2 heterocycles. The molecule has 4 unspecified atom stereocenters. The van der Waals surface area contributed by atoms with Crippen LogP contribution in [0.25, 0.3) is 0 Å². The van der Waals surface area contributed by atoms with Crippen molar-refractivity contribution in [2.24, 2.45) is 23.5 Å². The SMILES string of the molecule is CC1CC(C)CN(C(=O)CN2CCC(C(C)N)C2)C1.Cl. The minimum absolute atomic E-state index is 0. The molecule has 2 aliphatic heterocycles. The van der Waals surface area contributed by atoms with Gasteiger partial charge < -0.3 is 10.6 Å². The van der Waals surface area contributed by atoms with Gasteiger partial charge in [-0.2, -0.15) is 0 Å². The first-order valence-corrected chi connectivity index (χ1v) is 7.71. The van der Waals surface area contributed by atoms with Gasteiger partial charge >= 0.3 is 0 Å². The predicted octanol–water partition coefficient (Wildman–Crippen LogP) is 1.58. The summed E-state index contributed by atoms with van der Waals surface area (Å²) in [5.74, 6) is 2.15. The highest BCUT2D eigenvalue weighted by Gasteiger charge is 2.30. The molecule has 2 aliphatic rings. The Balaban J connectivity index is 0.00000200. The van der Waals surface area contributed by atoms with Crippen LogP contribution in [0.1, 0.15) is 33.6 Å². The van der Waals surface area contributed by atoms with Crippen molar-refractivity contribution < 1.29 is 4.79 Å². The summed E-state index contributed by atoms with van der Waals surface area (Å²) < 4.78 is 0. The minimum Gasteiger partial charge on any atom is -0.341 e. The average Bonchev–Trinajstić information content (AvgIpc) is 2.76. The Morgan fingerprint density at radius 1 is 1.25 bits per heavy atom. The number of piperidine rings is 1. The number of nitrogens with two attached hydrogens (primary N) is 1. The summed E-state index contributed by atoms with van der Waals surface area (Å²) in [4.78, 5) is 16.7. The lowest BCUT2D eigenvalue weighted by Crippen LogP contribution is -2.46. The van der Waals surface area contributed by atoms with Crippen LogP contribution in [0.4, 0.5) is 0 Å². The van der Waals surface area contributed by atoms with E-state index < -0.39 is 0 Å². The third-order valence-corrected chi connectivity index (χ3v) is 4.63. The number of carbonyl (C=O) groups excluding carboxylic acids is 1. The first-order chi connectivity index (χ1) is 8.95. The molecule has 5 heteroatoms. The van der Waals surface area contributed by atoms with Crippen molar-refractivity contribution in [2.45, 2.75) is 39.7 Å². The molecule has 0 aromatic heterocycles. The molecule has 0 bridgehead atoms. The molecule has 2 rings (SSSR count). The third-order valence-electron chi connectivity index (χ3n) is 4.63. The molecule has 2 saturated heterocycles. The van der Waals surface area contributed by atoms with Gasteiger partial charge in [0.2, 0.25) is 5.91 Å². The predicted molar refractivity (Wildman–Crippen MR) is 85.0 cm³/mol. The molecule has 0 aliphatic carbocycles. The fourth-order valence-electron chi connectivity index (χ4n) is 3.59. The van der Waals surface area contributed by atoms with Gasteiger partial charge in [-0.15, -0.1) is 12.4 Å². The molecule has 0 spiro atoms. The van der Waals surface area contributed by atoms with Crippen LogP contribution in [0.5, 0.6) is 0 Å². The van der Waals surface area contributed by atoms with E-state index >= 15 is 0 Å². The number of rotatable bonds is 3. The second kappa shape index (κ2) is 7.62. The lowest BCUT2D eigenvalue weighted by Gasteiger charge is -2.35. The van der Waals surface area contributed by atoms with Crippen LogP contribution in [-0.2, 0) is 4.79 Å². The van der Waals surface area contributed by atoms with Crippen LogP contribution >= 0.6 is 12.4 Å². The van der Waals surface area contributed by atoms with Gasteiger partial charge in [0.1, 0.15) is 0 Å². The van der Waals surface area contributed by atoms with E-state index in [0.29, 0.717) is 30.2 Å². The summed E-state index contributed by atoms with van der Waals surface area (Å²) in [5, 5.41) is 0. The monoisotopic (exact) mass is 303 g/mol. The summed E-state index contributed by atoms with van der Waals surface area (Å²) in [6.07, 6.45) is 2.39. The van der Waals surface area contributed by atoms with Gasteiger partial charge in [0.05, 0.1) is 6.54 Å². The Bertz CT molecular complexity index is 314. The Labute approximate surface area is 129 Å². The molecule has 4 nitrogen and oxygen atoms in total. The number of hydrogen-bond acceptors (Lipinski definition) is 3. The van der Waals surface area contributed by atoms with E-state index in [1.165, 1.54) is 6.42 Å². The Hall–Kier alpha value is -0.320. The third kappa shape index (κ3) is 4.61. The minimum atomic E-state index is 0. The molecule has 0 saturated carbocycles. The number of hydrogen-bond donors (Lipinski definition) is 1. The van der Waals surface area contributed by atoms with E-state index in [1.807, 2.05) is 0 Å². The van der Waals surface area contributed by atoms with Gasteiger partial charge in [0.15, 0.2) is 0 Å². The van der Waals surface area contributed by atoms with Crippen LogP contribution in [-0.4, -0.2) is 54.5 Å². The zero-order valence-corrected chi connectivity index (χ0v) is 13.9. The Kier molecular flexibility index (Phi) is 6.76. The molecule has 20 heavy (non-hydrogen) atoms. The average molecular weight is 304 g/mol. The summed E-state index contributed by atoms with van der Waals surface area (Å²) in [6, 6.07) is 0.245. The standard InChI is InChI=1S/C15H29N3O.ClH/c1-11-6-12(2)8-18(7-11)15(19)10-17-5-4-14(9-17)13(3)16;/h11-14H,4-10,16H2,1-3H3;1H. The van der Waals surface area contributed by atoms with E-state index in [0.717, 1.165) is 32.6 Å². The maximum Gasteiger partial charge on any atom is 0.236 e. The van der Waals surface area contributed by atoms with Crippen molar-refractivity contribution in [3.05, 3.63) is 0 Å². The van der Waals surface area contributed by atoms with Crippen molar-refractivity contribution >= 4 is 18.3 Å². The molecule has 118 valence electrons. The number of likely N-dealkylation sites (tertiary alicyclic amines) is 2. The molecular formula is C15H30ClN3O. The molecule has 0 aromatic carbocycles. The van der Waals surface area contributed by atoms with Gasteiger partial charge in [-0.1, -0.05) is 13.8 Å². The van der Waals surface area contributed by atoms with Crippen molar-refractivity contribution in [1.29, 1.82) is 0 Å². The largest absolute Gasteiger partial charge is 0.341 e. The molecule has 0 aromatic rings. The first-order valence-electron chi connectivity index (χ1n) is 7.71. The number of halogens is 1. The summed E-state index contributed by atoms with van der Waals surface area (Å²) in [7, 11) is 0. The number of carbonyl (C=O) groups is 1. The van der Waals surface area contributed by atoms with Gasteiger partial charge in [0, 0.05) is 25.7 Å². The maximum absolute atomic E-state index is 12.4. The molecule has 1 amide bonds. The van der Waals surface area contributed by atoms with Crippen LogP contribution in [0.3, 0.4) is 0 Å². The normalized spacial score (nSPS) is 32.8. The van der Waals surface area contributed by atoms with E-state index in [2.05, 4.69) is 30.6 Å². The maximum atomic E-state index is 12.4. The number of nitrogens with zero attached hydrogens (tertiary/aromatic N) is 2. The zero-order chi connectivity index (χ0) is 14.0. The molecule has 0 radical (unpaired) electrons. The van der Waals surface area contributed by atoms with Gasteiger partial charge in [-0.25, -0.2) is 0 Å². The first kappa shape index (κ1) is 17.7. The Morgan fingerprint density at radius 2 is 1.85 bits per heavy atom. The van der Waals surface area contributed by atoms with Crippen LogP contribution in [0.15, 0.2) is 0 Å². The highest BCUT2D eigenvalue weighted by molar-refractivity contribution is 5.85. The van der Waals surface area contributed by atoms with Crippen LogP contribution < -0.4 is 5.73 Å². The van der Waals surface area contributed by atoms with Crippen LogP contribution in [0.2, 0.25) is 0 Å². The summed E-state index contributed by atoms with van der Waals surface area (Å²) >= 11 is 0. The fraction of sp³-hybridized carbons (Fsp3) is 0.933. The van der Waals surface area contributed by atoms with Gasteiger partial charge in [0.25, 0.3) is 0 Å². The second-order valence-corrected chi connectivity index (χ2v) is 6.89. The van der Waals surface area contributed by atoms with Crippen LogP contribution in [0, 0.1) is 17.8 Å². The smallest absolute Gasteiger partial charge is 0.236 e. The zero-order valence-electron chi connectivity index (χ0n) is 13.0. The number of amides is 1. The van der Waals surface area contributed by atoms with E-state index in [1.54, 1.807) is 0 Å². The Morgan fingerprint density at radius 3 is 2.35 bits per heavy atom. The molecule has 4 atom stereocenters. The molecule has 2 N–H and O–H groups in total. The van der Waals surface area contributed by atoms with E-state index in [4.69, 9.17) is 5.73 Å². The lowest BCUT2D eigenvalue weighted by atomic mass is 9.92. The highest BCUT2D eigenvalue weighted by atomic mass is 35.5. The summed E-state index contributed by atoms with van der Waals surface area (Å²) in [6.45, 7) is 11.0. The fourth-order valence-corrected chi connectivity index (χ4v) is 3.59. The van der Waals surface area contributed by atoms with Crippen molar-refractivity contribution in [3.8, 4) is 0 Å². The molecular weight excluding hydrogens is 274 g/mol. The highest BCUT2D eigenvalue weighted by Crippen LogP contribution is 2.22. The van der Waals surface area contributed by atoms with Crippen molar-refractivity contribution in [1.82, 2.24) is 9.80 Å². The van der Waals surface area contributed by atoms with Crippen molar-refractivity contribution in [3.63, 3.8) is 0 Å². The topological polar surface area (TPSA) is 49.6 Å². The van der Waals surface area contributed by atoms with E-state index in [-0.39, 0.29) is 18.4 Å². The molecule has 2 fully saturated rings.